The van der Waals surface area contributed by atoms with E-state index in [1.165, 1.54) is 109 Å². The number of esters is 1. The second-order valence-corrected chi connectivity index (χ2v) is 8.48. The van der Waals surface area contributed by atoms with Crippen LogP contribution in [0.4, 0.5) is 0 Å². The van der Waals surface area contributed by atoms with Crippen molar-refractivity contribution < 1.29 is 9.53 Å². The number of carbonyl (C=O) groups excluding carboxylic acids is 1. The largest absolute Gasteiger partial charge is 0.447 e. The van der Waals surface area contributed by atoms with Gasteiger partial charge in [0.05, 0.1) is 0 Å². The molecule has 1 saturated heterocycles. The highest BCUT2D eigenvalue weighted by molar-refractivity contribution is 5.69. The fourth-order valence-electron chi connectivity index (χ4n) is 3.96. The minimum absolute atomic E-state index is 0.0141. The number of rotatable bonds is 18. The summed E-state index contributed by atoms with van der Waals surface area (Å²) in [6.45, 7) is 3.27. The maximum atomic E-state index is 11.8. The first-order chi connectivity index (χ1) is 13.3. The molecule has 1 fully saturated rings. The van der Waals surface area contributed by atoms with Gasteiger partial charge in [-0.3, -0.25) is 10.1 Å². The van der Waals surface area contributed by atoms with Gasteiger partial charge in [-0.1, -0.05) is 103 Å². The third-order valence-corrected chi connectivity index (χ3v) is 5.77. The van der Waals surface area contributed by atoms with Crippen LogP contribution in [0, 0.1) is 0 Å². The van der Waals surface area contributed by atoms with Gasteiger partial charge in [0, 0.05) is 6.42 Å². The summed E-state index contributed by atoms with van der Waals surface area (Å²) in [6, 6.07) is 0. The Morgan fingerprint density at radius 2 is 1.22 bits per heavy atom. The van der Waals surface area contributed by atoms with Crippen LogP contribution in [-0.2, 0) is 9.53 Å². The van der Waals surface area contributed by atoms with E-state index in [0.717, 1.165) is 19.4 Å². The second kappa shape index (κ2) is 18.8. The summed E-state index contributed by atoms with van der Waals surface area (Å²) in [6.07, 6.45) is 25.7. The molecule has 0 aromatic heterocycles. The van der Waals surface area contributed by atoms with Crippen LogP contribution in [0.15, 0.2) is 0 Å². The first-order valence-electron chi connectivity index (χ1n) is 12.3. The van der Waals surface area contributed by atoms with Crippen LogP contribution in [0.1, 0.15) is 135 Å². The maximum Gasteiger partial charge on any atom is 0.307 e. The van der Waals surface area contributed by atoms with Crippen LogP contribution in [-0.4, -0.2) is 18.7 Å². The molecule has 0 spiro atoms. The standard InChI is InChI=1S/C24H47NO2/c1-2-3-4-5-6-7-8-9-10-11-12-13-14-15-16-17-21-24(26)27-23-20-18-19-22-25-23/h23,25H,2-22H2,1H3. The molecule has 1 aliphatic heterocycles. The Bertz CT molecular complexity index is 326. The molecular formula is C24H47NO2. The molecule has 0 aromatic carbocycles. The molecule has 3 heteroatoms. The number of piperidine rings is 1. The van der Waals surface area contributed by atoms with Gasteiger partial charge in [0.25, 0.3) is 0 Å². The van der Waals surface area contributed by atoms with Crippen molar-refractivity contribution in [1.29, 1.82) is 0 Å². The van der Waals surface area contributed by atoms with Crippen molar-refractivity contribution in [1.82, 2.24) is 5.32 Å². The fraction of sp³-hybridized carbons (Fsp3) is 0.958. The Hall–Kier alpha value is -0.570. The van der Waals surface area contributed by atoms with E-state index in [1.54, 1.807) is 0 Å². The molecule has 1 atom stereocenters. The topological polar surface area (TPSA) is 38.3 Å². The minimum Gasteiger partial charge on any atom is -0.447 e. The van der Waals surface area contributed by atoms with E-state index in [9.17, 15) is 4.79 Å². The van der Waals surface area contributed by atoms with Crippen molar-refractivity contribution in [3.05, 3.63) is 0 Å². The Morgan fingerprint density at radius 1 is 0.741 bits per heavy atom. The fourth-order valence-corrected chi connectivity index (χ4v) is 3.96. The Kier molecular flexibility index (Phi) is 17.0. The van der Waals surface area contributed by atoms with Crippen LogP contribution >= 0.6 is 0 Å². The summed E-state index contributed by atoms with van der Waals surface area (Å²) in [5.74, 6) is -0.0141. The SMILES string of the molecule is CCCCCCCCCCCCCCCCCCC(=O)OC1CCCCN1. The van der Waals surface area contributed by atoms with Gasteiger partial charge >= 0.3 is 5.97 Å². The van der Waals surface area contributed by atoms with Gasteiger partial charge in [0.1, 0.15) is 0 Å². The lowest BCUT2D eigenvalue weighted by Crippen LogP contribution is -2.37. The molecule has 1 unspecified atom stereocenters. The smallest absolute Gasteiger partial charge is 0.307 e. The third-order valence-electron chi connectivity index (χ3n) is 5.77. The van der Waals surface area contributed by atoms with E-state index in [-0.39, 0.29) is 12.2 Å². The molecule has 0 aliphatic carbocycles. The zero-order valence-electron chi connectivity index (χ0n) is 18.2. The number of hydrogen-bond acceptors (Lipinski definition) is 3. The number of hydrogen-bond donors (Lipinski definition) is 1. The van der Waals surface area contributed by atoms with E-state index in [1.807, 2.05) is 0 Å². The Labute approximate surface area is 169 Å². The van der Waals surface area contributed by atoms with Crippen molar-refractivity contribution in [2.24, 2.45) is 0 Å². The van der Waals surface area contributed by atoms with E-state index in [4.69, 9.17) is 4.74 Å². The Balaban J connectivity index is 1.72. The minimum atomic E-state index is -0.0210. The van der Waals surface area contributed by atoms with Gasteiger partial charge in [-0.25, -0.2) is 0 Å². The number of unbranched alkanes of at least 4 members (excludes halogenated alkanes) is 15. The van der Waals surface area contributed by atoms with Gasteiger partial charge in [-0.15, -0.1) is 0 Å². The molecule has 3 nitrogen and oxygen atoms in total. The summed E-state index contributed by atoms with van der Waals surface area (Å²) in [7, 11) is 0. The monoisotopic (exact) mass is 381 g/mol. The lowest BCUT2D eigenvalue weighted by atomic mass is 10.0. The summed E-state index contributed by atoms with van der Waals surface area (Å²) in [4.78, 5) is 11.8. The highest BCUT2D eigenvalue weighted by Gasteiger charge is 2.16. The third kappa shape index (κ3) is 16.1. The quantitative estimate of drug-likeness (QED) is 0.200. The molecule has 0 amide bonds. The van der Waals surface area contributed by atoms with E-state index in [0.29, 0.717) is 6.42 Å². The van der Waals surface area contributed by atoms with Crippen molar-refractivity contribution in [2.75, 3.05) is 6.54 Å². The van der Waals surface area contributed by atoms with Gasteiger partial charge in [-0.05, 0) is 32.2 Å². The zero-order chi connectivity index (χ0) is 19.4. The summed E-state index contributed by atoms with van der Waals surface area (Å²) >= 11 is 0. The predicted molar refractivity (Wildman–Crippen MR) is 116 cm³/mol. The van der Waals surface area contributed by atoms with Crippen molar-refractivity contribution in [3.63, 3.8) is 0 Å². The molecule has 1 rings (SSSR count). The highest BCUT2D eigenvalue weighted by Crippen LogP contribution is 2.14. The molecule has 0 bridgehead atoms. The normalized spacial score (nSPS) is 17.1. The lowest BCUT2D eigenvalue weighted by molar-refractivity contribution is -0.152. The molecule has 0 saturated carbocycles. The van der Waals surface area contributed by atoms with Gasteiger partial charge in [0.2, 0.25) is 0 Å². The van der Waals surface area contributed by atoms with Crippen LogP contribution in [0.3, 0.4) is 0 Å². The van der Waals surface area contributed by atoms with Crippen molar-refractivity contribution >= 4 is 5.97 Å². The average Bonchev–Trinajstić information content (AvgIpc) is 2.68. The first kappa shape index (κ1) is 24.5. The number of nitrogens with one attached hydrogen (secondary N) is 1. The molecule has 27 heavy (non-hydrogen) atoms. The zero-order valence-corrected chi connectivity index (χ0v) is 18.2. The van der Waals surface area contributed by atoms with Crippen LogP contribution in [0.2, 0.25) is 0 Å². The molecular weight excluding hydrogens is 334 g/mol. The molecule has 1 heterocycles. The van der Waals surface area contributed by atoms with Crippen molar-refractivity contribution in [3.8, 4) is 0 Å². The van der Waals surface area contributed by atoms with Crippen molar-refractivity contribution in [2.45, 2.75) is 142 Å². The van der Waals surface area contributed by atoms with Gasteiger partial charge in [-0.2, -0.15) is 0 Å². The molecule has 1 N–H and O–H groups in total. The number of carbonyl (C=O) groups is 1. The van der Waals surface area contributed by atoms with Crippen LogP contribution in [0.25, 0.3) is 0 Å². The lowest BCUT2D eigenvalue weighted by Gasteiger charge is -2.23. The maximum absolute atomic E-state index is 11.8. The van der Waals surface area contributed by atoms with E-state index >= 15 is 0 Å². The summed E-state index contributed by atoms with van der Waals surface area (Å²) < 4.78 is 5.47. The van der Waals surface area contributed by atoms with Gasteiger partial charge in [0.15, 0.2) is 6.23 Å². The Morgan fingerprint density at radius 3 is 1.67 bits per heavy atom. The van der Waals surface area contributed by atoms with Crippen LogP contribution < -0.4 is 5.32 Å². The summed E-state index contributed by atoms with van der Waals surface area (Å²) in [5.41, 5.74) is 0. The van der Waals surface area contributed by atoms with Crippen LogP contribution in [0.5, 0.6) is 0 Å². The first-order valence-corrected chi connectivity index (χ1v) is 12.3. The van der Waals surface area contributed by atoms with Gasteiger partial charge < -0.3 is 4.74 Å². The number of ether oxygens (including phenoxy) is 1. The highest BCUT2D eigenvalue weighted by atomic mass is 16.6. The predicted octanol–water partition coefficient (Wildman–Crippen LogP) is 7.28. The molecule has 0 aromatic rings. The average molecular weight is 382 g/mol. The molecule has 160 valence electrons. The van der Waals surface area contributed by atoms with E-state index in [2.05, 4.69) is 12.2 Å². The molecule has 1 aliphatic rings. The van der Waals surface area contributed by atoms with E-state index < -0.39 is 0 Å². The molecule has 0 radical (unpaired) electrons. The second-order valence-electron chi connectivity index (χ2n) is 8.48. The summed E-state index contributed by atoms with van der Waals surface area (Å²) in [5, 5.41) is 3.26.